The number of ketones is 1. The van der Waals surface area contributed by atoms with Crippen LogP contribution in [-0.4, -0.2) is 11.8 Å². The normalized spacial score (nSPS) is 21.4. The van der Waals surface area contributed by atoms with Gasteiger partial charge in [0.2, 0.25) is 0 Å². The first-order valence-corrected chi connectivity index (χ1v) is 5.69. The second-order valence-electron chi connectivity index (χ2n) is 3.89. The van der Waals surface area contributed by atoms with Crippen LogP contribution in [0.1, 0.15) is 25.7 Å². The van der Waals surface area contributed by atoms with Crippen LogP contribution in [0.4, 0.5) is 5.69 Å². The number of hydrogen-bond donors (Lipinski definition) is 1. The predicted octanol–water partition coefficient (Wildman–Crippen LogP) is 3.26. The second-order valence-corrected chi connectivity index (χ2v) is 4.30. The van der Waals surface area contributed by atoms with Gasteiger partial charge in [-0.05, 0) is 25.0 Å². The van der Waals surface area contributed by atoms with Gasteiger partial charge in [0.05, 0.1) is 16.8 Å². The monoisotopic (exact) mass is 223 g/mol. The molecular formula is C12H14ClNO. The molecule has 1 fully saturated rings. The van der Waals surface area contributed by atoms with Crippen molar-refractivity contribution in [1.82, 2.24) is 0 Å². The molecule has 2 rings (SSSR count). The quantitative estimate of drug-likeness (QED) is 0.834. The topological polar surface area (TPSA) is 29.1 Å². The SMILES string of the molecule is O=C1CCCC[C@H]1Nc1ccccc1Cl. The number of Topliss-reactive ketones (excluding diaryl/α,β-unsaturated/α-hetero) is 1. The van der Waals surface area contributed by atoms with Crippen LogP contribution in [0.15, 0.2) is 24.3 Å². The van der Waals surface area contributed by atoms with Crippen LogP contribution in [0.2, 0.25) is 5.02 Å². The van der Waals surface area contributed by atoms with Crippen molar-refractivity contribution in [3.63, 3.8) is 0 Å². The van der Waals surface area contributed by atoms with Gasteiger partial charge in [-0.15, -0.1) is 0 Å². The van der Waals surface area contributed by atoms with Gasteiger partial charge in [0, 0.05) is 6.42 Å². The van der Waals surface area contributed by atoms with E-state index >= 15 is 0 Å². The Labute approximate surface area is 94.6 Å². The Bertz CT molecular complexity index is 364. The molecule has 0 amide bonds. The fourth-order valence-electron chi connectivity index (χ4n) is 1.90. The molecule has 1 aliphatic rings. The van der Waals surface area contributed by atoms with E-state index in [-0.39, 0.29) is 6.04 Å². The summed E-state index contributed by atoms with van der Waals surface area (Å²) in [5.74, 6) is 0.307. The lowest BCUT2D eigenvalue weighted by molar-refractivity contribution is -0.121. The molecule has 0 aliphatic heterocycles. The zero-order valence-corrected chi connectivity index (χ0v) is 9.26. The van der Waals surface area contributed by atoms with Gasteiger partial charge in [0.25, 0.3) is 0 Å². The average molecular weight is 224 g/mol. The number of benzene rings is 1. The first-order chi connectivity index (χ1) is 7.27. The molecule has 1 atom stereocenters. The lowest BCUT2D eigenvalue weighted by Crippen LogP contribution is -2.32. The number of halogens is 1. The third-order valence-electron chi connectivity index (χ3n) is 2.76. The summed E-state index contributed by atoms with van der Waals surface area (Å²) in [6.45, 7) is 0. The molecule has 0 radical (unpaired) electrons. The van der Waals surface area contributed by atoms with Crippen molar-refractivity contribution in [2.24, 2.45) is 0 Å². The standard InChI is InChI=1S/C12H14ClNO/c13-9-5-1-2-6-10(9)14-11-7-3-4-8-12(11)15/h1-2,5-6,11,14H,3-4,7-8H2/t11-/m1/s1. The first-order valence-electron chi connectivity index (χ1n) is 5.31. The molecular weight excluding hydrogens is 210 g/mol. The summed E-state index contributed by atoms with van der Waals surface area (Å²) < 4.78 is 0. The van der Waals surface area contributed by atoms with E-state index in [9.17, 15) is 4.79 Å². The summed E-state index contributed by atoms with van der Waals surface area (Å²) in [5, 5.41) is 3.89. The smallest absolute Gasteiger partial charge is 0.155 e. The number of nitrogens with one attached hydrogen (secondary N) is 1. The van der Waals surface area contributed by atoms with Gasteiger partial charge in [-0.1, -0.05) is 30.2 Å². The molecule has 0 saturated heterocycles. The van der Waals surface area contributed by atoms with E-state index in [1.807, 2.05) is 24.3 Å². The molecule has 1 aromatic rings. The molecule has 1 N–H and O–H groups in total. The van der Waals surface area contributed by atoms with Crippen molar-refractivity contribution in [1.29, 1.82) is 0 Å². The van der Waals surface area contributed by atoms with E-state index in [1.165, 1.54) is 0 Å². The Kier molecular flexibility index (Phi) is 3.27. The molecule has 3 heteroatoms. The maximum absolute atomic E-state index is 11.6. The van der Waals surface area contributed by atoms with E-state index in [2.05, 4.69) is 5.32 Å². The van der Waals surface area contributed by atoms with Crippen LogP contribution in [0.5, 0.6) is 0 Å². The number of para-hydroxylation sites is 1. The minimum atomic E-state index is -0.0429. The number of carbonyl (C=O) groups is 1. The molecule has 2 nitrogen and oxygen atoms in total. The molecule has 1 aliphatic carbocycles. The highest BCUT2D eigenvalue weighted by molar-refractivity contribution is 6.33. The molecule has 0 aromatic heterocycles. The number of anilines is 1. The summed E-state index contributed by atoms with van der Waals surface area (Å²) in [5.41, 5.74) is 0.861. The van der Waals surface area contributed by atoms with E-state index in [1.54, 1.807) is 0 Å². The lowest BCUT2D eigenvalue weighted by Gasteiger charge is -2.23. The van der Waals surface area contributed by atoms with Gasteiger partial charge in [0.15, 0.2) is 5.78 Å². The molecule has 0 unspecified atom stereocenters. The van der Waals surface area contributed by atoms with E-state index in [4.69, 9.17) is 11.6 Å². The van der Waals surface area contributed by atoms with Gasteiger partial charge in [-0.3, -0.25) is 4.79 Å². The van der Waals surface area contributed by atoms with Crippen LogP contribution in [0, 0.1) is 0 Å². The van der Waals surface area contributed by atoms with Gasteiger partial charge in [0.1, 0.15) is 0 Å². The van der Waals surface area contributed by atoms with Gasteiger partial charge >= 0.3 is 0 Å². The Morgan fingerprint density at radius 3 is 2.80 bits per heavy atom. The van der Waals surface area contributed by atoms with Crippen molar-refractivity contribution in [3.05, 3.63) is 29.3 Å². The van der Waals surface area contributed by atoms with Crippen LogP contribution in [-0.2, 0) is 4.79 Å². The summed E-state index contributed by atoms with van der Waals surface area (Å²) in [6, 6.07) is 7.50. The van der Waals surface area contributed by atoms with Crippen LogP contribution in [0.25, 0.3) is 0 Å². The number of hydrogen-bond acceptors (Lipinski definition) is 2. The predicted molar refractivity (Wildman–Crippen MR) is 62.3 cm³/mol. The fourth-order valence-corrected chi connectivity index (χ4v) is 2.09. The number of carbonyl (C=O) groups excluding carboxylic acids is 1. The van der Waals surface area contributed by atoms with Gasteiger partial charge in [-0.25, -0.2) is 0 Å². The van der Waals surface area contributed by atoms with Crippen molar-refractivity contribution in [2.45, 2.75) is 31.7 Å². The van der Waals surface area contributed by atoms with Gasteiger partial charge in [-0.2, -0.15) is 0 Å². The second kappa shape index (κ2) is 4.67. The number of rotatable bonds is 2. The van der Waals surface area contributed by atoms with Crippen LogP contribution in [0.3, 0.4) is 0 Å². The summed E-state index contributed by atoms with van der Waals surface area (Å²) in [4.78, 5) is 11.6. The van der Waals surface area contributed by atoms with Crippen molar-refractivity contribution < 1.29 is 4.79 Å². The Hall–Kier alpha value is -1.02. The molecule has 0 bridgehead atoms. The molecule has 80 valence electrons. The van der Waals surface area contributed by atoms with E-state index in [0.29, 0.717) is 17.2 Å². The molecule has 0 spiro atoms. The van der Waals surface area contributed by atoms with E-state index in [0.717, 1.165) is 24.9 Å². The third-order valence-corrected chi connectivity index (χ3v) is 3.09. The zero-order chi connectivity index (χ0) is 10.7. The molecule has 0 heterocycles. The van der Waals surface area contributed by atoms with Crippen molar-refractivity contribution >= 4 is 23.1 Å². The Balaban J connectivity index is 2.08. The molecule has 15 heavy (non-hydrogen) atoms. The van der Waals surface area contributed by atoms with Crippen molar-refractivity contribution in [3.8, 4) is 0 Å². The van der Waals surface area contributed by atoms with Crippen LogP contribution >= 0.6 is 11.6 Å². The third kappa shape index (κ3) is 2.51. The first kappa shape index (κ1) is 10.5. The highest BCUT2D eigenvalue weighted by atomic mass is 35.5. The maximum Gasteiger partial charge on any atom is 0.155 e. The van der Waals surface area contributed by atoms with E-state index < -0.39 is 0 Å². The molecule has 1 aromatic carbocycles. The highest BCUT2D eigenvalue weighted by Gasteiger charge is 2.22. The summed E-state index contributed by atoms with van der Waals surface area (Å²) in [6.07, 6.45) is 3.76. The minimum absolute atomic E-state index is 0.0429. The largest absolute Gasteiger partial charge is 0.374 e. The van der Waals surface area contributed by atoms with Crippen molar-refractivity contribution in [2.75, 3.05) is 5.32 Å². The Morgan fingerprint density at radius 1 is 1.27 bits per heavy atom. The zero-order valence-electron chi connectivity index (χ0n) is 8.50. The highest BCUT2D eigenvalue weighted by Crippen LogP contribution is 2.24. The summed E-state index contributed by atoms with van der Waals surface area (Å²) in [7, 11) is 0. The van der Waals surface area contributed by atoms with Gasteiger partial charge < -0.3 is 5.32 Å². The average Bonchev–Trinajstić information content (AvgIpc) is 2.24. The Morgan fingerprint density at radius 2 is 2.07 bits per heavy atom. The lowest BCUT2D eigenvalue weighted by atomic mass is 9.94. The molecule has 1 saturated carbocycles. The summed E-state index contributed by atoms with van der Waals surface area (Å²) >= 11 is 6.02. The minimum Gasteiger partial charge on any atom is -0.374 e. The fraction of sp³-hybridized carbons (Fsp3) is 0.417. The maximum atomic E-state index is 11.6. The van der Waals surface area contributed by atoms with Crippen LogP contribution < -0.4 is 5.32 Å².